The molecule has 0 spiro atoms. The molecular formula is C14H16N2S. The Bertz CT molecular complexity index is 430. The maximum atomic E-state index is 5.84. The highest BCUT2D eigenvalue weighted by Crippen LogP contribution is 2.23. The standard InChI is InChI=1S/C14H16N2S/c15-10-13(12-6-2-1-3-7-12)11-17-14-8-4-5-9-16-14/h1-9,13H,10-11,15H2. The summed E-state index contributed by atoms with van der Waals surface area (Å²) in [5.41, 5.74) is 7.14. The minimum absolute atomic E-state index is 0.392. The third-order valence-electron chi connectivity index (χ3n) is 2.63. The average Bonchev–Trinajstić information content (AvgIpc) is 2.42. The van der Waals surface area contributed by atoms with Crippen LogP contribution in [-0.4, -0.2) is 17.3 Å². The fourth-order valence-corrected chi connectivity index (χ4v) is 2.65. The summed E-state index contributed by atoms with van der Waals surface area (Å²) in [7, 11) is 0. The second-order valence-electron chi connectivity index (χ2n) is 3.82. The molecule has 17 heavy (non-hydrogen) atoms. The second kappa shape index (κ2) is 6.42. The van der Waals surface area contributed by atoms with Crippen LogP contribution in [0.1, 0.15) is 11.5 Å². The largest absolute Gasteiger partial charge is 0.330 e. The summed E-state index contributed by atoms with van der Waals surface area (Å²) in [4.78, 5) is 4.30. The molecule has 0 saturated heterocycles. The molecule has 2 aromatic rings. The summed E-state index contributed by atoms with van der Waals surface area (Å²) in [6.45, 7) is 0.670. The first kappa shape index (κ1) is 12.1. The van der Waals surface area contributed by atoms with Crippen molar-refractivity contribution in [2.24, 2.45) is 5.73 Å². The van der Waals surface area contributed by atoms with Gasteiger partial charge in [-0.05, 0) is 24.2 Å². The number of hydrogen-bond donors (Lipinski definition) is 1. The second-order valence-corrected chi connectivity index (χ2v) is 4.86. The lowest BCUT2D eigenvalue weighted by molar-refractivity contribution is 0.784. The Hall–Kier alpha value is -1.32. The average molecular weight is 244 g/mol. The van der Waals surface area contributed by atoms with Gasteiger partial charge in [0, 0.05) is 17.9 Å². The quantitative estimate of drug-likeness (QED) is 0.822. The van der Waals surface area contributed by atoms with Gasteiger partial charge in [0.25, 0.3) is 0 Å². The van der Waals surface area contributed by atoms with Crippen LogP contribution in [0.2, 0.25) is 0 Å². The molecule has 2 N–H and O–H groups in total. The van der Waals surface area contributed by atoms with Gasteiger partial charge >= 0.3 is 0 Å². The van der Waals surface area contributed by atoms with Crippen molar-refractivity contribution in [3.05, 3.63) is 60.3 Å². The smallest absolute Gasteiger partial charge is 0.0960 e. The number of pyridine rings is 1. The van der Waals surface area contributed by atoms with Crippen LogP contribution in [0.5, 0.6) is 0 Å². The zero-order valence-electron chi connectivity index (χ0n) is 9.62. The van der Waals surface area contributed by atoms with E-state index < -0.39 is 0 Å². The van der Waals surface area contributed by atoms with Crippen molar-refractivity contribution in [1.82, 2.24) is 4.98 Å². The van der Waals surface area contributed by atoms with E-state index in [9.17, 15) is 0 Å². The summed E-state index contributed by atoms with van der Waals surface area (Å²) >= 11 is 1.76. The van der Waals surface area contributed by atoms with E-state index in [1.165, 1.54) is 5.56 Å². The minimum atomic E-state index is 0.392. The lowest BCUT2D eigenvalue weighted by Gasteiger charge is -2.14. The van der Waals surface area contributed by atoms with Crippen LogP contribution >= 0.6 is 11.8 Å². The van der Waals surface area contributed by atoms with Gasteiger partial charge in [0.2, 0.25) is 0 Å². The van der Waals surface area contributed by atoms with Gasteiger partial charge in [-0.1, -0.05) is 36.4 Å². The van der Waals surface area contributed by atoms with Gasteiger partial charge in [0.15, 0.2) is 0 Å². The van der Waals surface area contributed by atoms with Gasteiger partial charge in [-0.2, -0.15) is 0 Å². The Kier molecular flexibility index (Phi) is 4.59. The van der Waals surface area contributed by atoms with Crippen molar-refractivity contribution in [3.8, 4) is 0 Å². The third kappa shape index (κ3) is 3.58. The minimum Gasteiger partial charge on any atom is -0.330 e. The predicted octanol–water partition coefficient (Wildman–Crippen LogP) is 2.92. The van der Waals surface area contributed by atoms with Crippen LogP contribution in [-0.2, 0) is 0 Å². The van der Waals surface area contributed by atoms with Crippen molar-refractivity contribution >= 4 is 11.8 Å². The van der Waals surface area contributed by atoms with Crippen molar-refractivity contribution < 1.29 is 0 Å². The molecule has 0 aliphatic carbocycles. The lowest BCUT2D eigenvalue weighted by atomic mass is 10.0. The molecule has 0 aliphatic heterocycles. The van der Waals surface area contributed by atoms with E-state index in [1.807, 2.05) is 30.5 Å². The Morgan fingerprint density at radius 3 is 2.47 bits per heavy atom. The molecule has 1 aromatic carbocycles. The normalized spacial score (nSPS) is 12.3. The predicted molar refractivity (Wildman–Crippen MR) is 73.2 cm³/mol. The van der Waals surface area contributed by atoms with E-state index in [2.05, 4.69) is 29.2 Å². The number of rotatable bonds is 5. The van der Waals surface area contributed by atoms with E-state index in [-0.39, 0.29) is 0 Å². The molecule has 0 radical (unpaired) electrons. The zero-order chi connectivity index (χ0) is 11.9. The molecule has 0 fully saturated rings. The molecule has 1 unspecified atom stereocenters. The number of thioether (sulfide) groups is 1. The van der Waals surface area contributed by atoms with E-state index >= 15 is 0 Å². The van der Waals surface area contributed by atoms with Gasteiger partial charge < -0.3 is 5.73 Å². The number of nitrogens with zero attached hydrogens (tertiary/aromatic N) is 1. The van der Waals surface area contributed by atoms with Crippen molar-refractivity contribution in [1.29, 1.82) is 0 Å². The number of nitrogens with two attached hydrogens (primary N) is 1. The first-order valence-electron chi connectivity index (χ1n) is 5.69. The molecule has 0 amide bonds. The summed E-state index contributed by atoms with van der Waals surface area (Å²) in [6.07, 6.45) is 1.82. The lowest BCUT2D eigenvalue weighted by Crippen LogP contribution is -2.14. The molecular weight excluding hydrogens is 228 g/mol. The van der Waals surface area contributed by atoms with Gasteiger partial charge in [-0.15, -0.1) is 11.8 Å². The molecule has 1 heterocycles. The van der Waals surface area contributed by atoms with Crippen LogP contribution in [0.3, 0.4) is 0 Å². The van der Waals surface area contributed by atoms with Crippen molar-refractivity contribution in [3.63, 3.8) is 0 Å². The molecule has 2 nitrogen and oxygen atoms in total. The van der Waals surface area contributed by atoms with E-state index in [0.29, 0.717) is 12.5 Å². The highest BCUT2D eigenvalue weighted by atomic mass is 32.2. The zero-order valence-corrected chi connectivity index (χ0v) is 10.4. The van der Waals surface area contributed by atoms with Gasteiger partial charge in [0.05, 0.1) is 5.03 Å². The Morgan fingerprint density at radius 1 is 1.06 bits per heavy atom. The number of hydrogen-bond acceptors (Lipinski definition) is 3. The highest BCUT2D eigenvalue weighted by Gasteiger charge is 2.09. The molecule has 0 saturated carbocycles. The molecule has 1 atom stereocenters. The molecule has 88 valence electrons. The first-order chi connectivity index (χ1) is 8.40. The fourth-order valence-electron chi connectivity index (χ4n) is 1.64. The van der Waals surface area contributed by atoms with Crippen molar-refractivity contribution in [2.45, 2.75) is 10.9 Å². The number of benzene rings is 1. The summed E-state index contributed by atoms with van der Waals surface area (Å²) < 4.78 is 0. The van der Waals surface area contributed by atoms with Gasteiger partial charge in [-0.3, -0.25) is 0 Å². The third-order valence-corrected chi connectivity index (χ3v) is 3.73. The molecule has 2 rings (SSSR count). The van der Waals surface area contributed by atoms with E-state index in [1.54, 1.807) is 11.8 Å². The van der Waals surface area contributed by atoms with Crippen LogP contribution < -0.4 is 5.73 Å². The summed E-state index contributed by atoms with van der Waals surface area (Å²) in [6, 6.07) is 16.4. The van der Waals surface area contributed by atoms with Crippen LogP contribution in [0.25, 0.3) is 0 Å². The van der Waals surface area contributed by atoms with E-state index in [4.69, 9.17) is 5.73 Å². The summed E-state index contributed by atoms with van der Waals surface area (Å²) in [5, 5.41) is 1.06. The van der Waals surface area contributed by atoms with E-state index in [0.717, 1.165) is 10.8 Å². The van der Waals surface area contributed by atoms with Crippen LogP contribution in [0.15, 0.2) is 59.8 Å². The molecule has 0 aliphatic rings. The Morgan fingerprint density at radius 2 is 1.82 bits per heavy atom. The van der Waals surface area contributed by atoms with Gasteiger partial charge in [0.1, 0.15) is 0 Å². The number of aromatic nitrogens is 1. The monoisotopic (exact) mass is 244 g/mol. The Balaban J connectivity index is 1.97. The topological polar surface area (TPSA) is 38.9 Å². The van der Waals surface area contributed by atoms with Crippen molar-refractivity contribution in [2.75, 3.05) is 12.3 Å². The van der Waals surface area contributed by atoms with Crippen LogP contribution in [0.4, 0.5) is 0 Å². The first-order valence-corrected chi connectivity index (χ1v) is 6.67. The maximum absolute atomic E-state index is 5.84. The SMILES string of the molecule is NCC(CSc1ccccn1)c1ccccc1. The molecule has 0 bridgehead atoms. The highest BCUT2D eigenvalue weighted by molar-refractivity contribution is 7.99. The Labute approximate surface area is 106 Å². The fraction of sp³-hybridized carbons (Fsp3) is 0.214. The summed E-state index contributed by atoms with van der Waals surface area (Å²) in [5.74, 6) is 1.36. The molecule has 1 aromatic heterocycles. The molecule has 3 heteroatoms. The van der Waals surface area contributed by atoms with Gasteiger partial charge in [-0.25, -0.2) is 4.98 Å². The van der Waals surface area contributed by atoms with Crippen LogP contribution in [0, 0.1) is 0 Å². The maximum Gasteiger partial charge on any atom is 0.0960 e.